The van der Waals surface area contributed by atoms with Crippen LogP contribution in [0.4, 0.5) is 0 Å². The molecule has 0 heterocycles. The molecule has 0 atom stereocenters. The molecule has 0 aliphatic heterocycles. The summed E-state index contributed by atoms with van der Waals surface area (Å²) in [5.41, 5.74) is 2.44. The Labute approximate surface area is 176 Å². The summed E-state index contributed by atoms with van der Waals surface area (Å²) in [6, 6.07) is 4.81. The molecule has 28 heavy (non-hydrogen) atoms. The van der Waals surface area contributed by atoms with Gasteiger partial charge in [-0.1, -0.05) is 23.2 Å². The number of benzene rings is 1. The smallest absolute Gasteiger partial charge is 0.273 e. The van der Waals surface area contributed by atoms with Gasteiger partial charge in [-0.25, -0.2) is 5.01 Å². The summed E-state index contributed by atoms with van der Waals surface area (Å²) >= 11 is 12.2. The lowest BCUT2D eigenvalue weighted by atomic mass is 9.49. The third-order valence-corrected chi connectivity index (χ3v) is 7.32. The lowest BCUT2D eigenvalue weighted by Gasteiger charge is -2.56. The van der Waals surface area contributed by atoms with Gasteiger partial charge in [0, 0.05) is 5.02 Å². The molecule has 1 aromatic carbocycles. The highest BCUT2D eigenvalue weighted by atomic mass is 35.5. The van der Waals surface area contributed by atoms with Crippen molar-refractivity contribution in [1.82, 2.24) is 10.4 Å². The van der Waals surface area contributed by atoms with Crippen molar-refractivity contribution in [1.29, 1.82) is 0 Å². The fourth-order valence-corrected chi connectivity index (χ4v) is 6.40. The summed E-state index contributed by atoms with van der Waals surface area (Å²) in [4.78, 5) is 26.7. The van der Waals surface area contributed by atoms with Crippen molar-refractivity contribution in [2.24, 2.45) is 23.2 Å². The minimum absolute atomic E-state index is 0.0000361. The molecule has 5 rings (SSSR count). The molecule has 2 amide bonds. The van der Waals surface area contributed by atoms with Crippen molar-refractivity contribution >= 4 is 35.0 Å². The fraction of sp³-hybridized carbons (Fsp3) is 0.636. The Morgan fingerprint density at radius 3 is 2.04 bits per heavy atom. The van der Waals surface area contributed by atoms with Crippen LogP contribution in [0, 0.1) is 23.2 Å². The van der Waals surface area contributed by atoms with E-state index in [0.717, 1.165) is 19.3 Å². The highest BCUT2D eigenvalue weighted by molar-refractivity contribution is 6.36. The molecule has 0 aromatic heterocycles. The van der Waals surface area contributed by atoms with Crippen LogP contribution in [-0.4, -0.2) is 22.4 Å². The van der Waals surface area contributed by atoms with Gasteiger partial charge < -0.3 is 0 Å². The van der Waals surface area contributed by atoms with E-state index in [2.05, 4.69) is 5.43 Å². The second-order valence-electron chi connectivity index (χ2n) is 10.1. The second kappa shape index (κ2) is 6.91. The summed E-state index contributed by atoms with van der Waals surface area (Å²) in [5, 5.41) is 2.21. The zero-order chi connectivity index (χ0) is 20.3. The topological polar surface area (TPSA) is 49.4 Å². The molecule has 152 valence electrons. The van der Waals surface area contributed by atoms with E-state index >= 15 is 0 Å². The third-order valence-electron chi connectivity index (χ3n) is 6.77. The summed E-state index contributed by atoms with van der Waals surface area (Å²) < 4.78 is 0. The molecule has 4 aliphatic rings. The first-order valence-corrected chi connectivity index (χ1v) is 10.9. The number of halogens is 2. The number of rotatable bonds is 2. The number of hydrogen-bond acceptors (Lipinski definition) is 2. The Hall–Kier alpha value is -1.26. The van der Waals surface area contributed by atoms with Crippen molar-refractivity contribution < 1.29 is 9.59 Å². The minimum atomic E-state index is -0.585. The molecule has 0 radical (unpaired) electrons. The average molecular weight is 423 g/mol. The molecule has 4 fully saturated rings. The van der Waals surface area contributed by atoms with Crippen molar-refractivity contribution in [3.63, 3.8) is 0 Å². The van der Waals surface area contributed by atoms with E-state index in [4.69, 9.17) is 23.2 Å². The molecule has 4 aliphatic carbocycles. The number of hydrazine groups is 1. The summed E-state index contributed by atoms with van der Waals surface area (Å²) in [5.74, 6) is 1.69. The number of amides is 2. The highest BCUT2D eigenvalue weighted by Crippen LogP contribution is 2.60. The Morgan fingerprint density at radius 2 is 1.57 bits per heavy atom. The largest absolute Gasteiger partial charge is 0.274 e. The number of carbonyl (C=O) groups excluding carboxylic acids is 2. The number of carbonyl (C=O) groups is 2. The van der Waals surface area contributed by atoms with Crippen LogP contribution in [0.2, 0.25) is 10.0 Å². The monoisotopic (exact) mass is 422 g/mol. The second-order valence-corrected chi connectivity index (χ2v) is 10.9. The van der Waals surface area contributed by atoms with Crippen molar-refractivity contribution in [2.75, 3.05) is 0 Å². The summed E-state index contributed by atoms with van der Waals surface area (Å²) in [6.45, 7) is 5.73. The Kier molecular flexibility index (Phi) is 4.95. The first-order valence-electron chi connectivity index (χ1n) is 10.2. The maximum Gasteiger partial charge on any atom is 0.274 e. The van der Waals surface area contributed by atoms with Gasteiger partial charge in [0.1, 0.15) is 0 Å². The Morgan fingerprint density at radius 1 is 1.04 bits per heavy atom. The minimum Gasteiger partial charge on any atom is -0.273 e. The molecular weight excluding hydrogens is 395 g/mol. The van der Waals surface area contributed by atoms with Gasteiger partial charge in [0.15, 0.2) is 0 Å². The highest BCUT2D eigenvalue weighted by Gasteiger charge is 2.55. The number of nitrogens with one attached hydrogen (secondary N) is 1. The first-order chi connectivity index (χ1) is 13.1. The van der Waals surface area contributed by atoms with Gasteiger partial charge in [0.25, 0.3) is 5.91 Å². The van der Waals surface area contributed by atoms with Crippen LogP contribution in [0.15, 0.2) is 18.2 Å². The predicted molar refractivity (Wildman–Crippen MR) is 111 cm³/mol. The molecular formula is C22H28Cl2N2O2. The standard InChI is InChI=1S/C22H28Cl2N2O2/c1-21(2,3)26(19(27)17-5-4-16(23)9-18(17)24)25-20(28)22-10-13-6-14(11-22)8-15(7-13)12-22/h4-5,9,13-15H,6-8,10-12H2,1-3H3,(H,25,28). The van der Waals surface area contributed by atoms with Gasteiger partial charge in [0.05, 0.1) is 21.5 Å². The quantitative estimate of drug-likeness (QED) is 0.641. The van der Waals surface area contributed by atoms with Crippen LogP contribution in [0.5, 0.6) is 0 Å². The van der Waals surface area contributed by atoms with Crippen LogP contribution >= 0.6 is 23.2 Å². The van der Waals surface area contributed by atoms with E-state index in [-0.39, 0.29) is 22.3 Å². The van der Waals surface area contributed by atoms with E-state index in [1.165, 1.54) is 24.3 Å². The molecule has 4 nitrogen and oxygen atoms in total. The molecule has 0 unspecified atom stereocenters. The van der Waals surface area contributed by atoms with Crippen molar-refractivity contribution in [3.8, 4) is 0 Å². The third kappa shape index (κ3) is 3.54. The molecule has 1 aromatic rings. The average Bonchev–Trinajstić information content (AvgIpc) is 2.56. The van der Waals surface area contributed by atoms with Gasteiger partial charge >= 0.3 is 0 Å². The molecule has 4 saturated carbocycles. The van der Waals surface area contributed by atoms with Crippen molar-refractivity contribution in [2.45, 2.75) is 64.8 Å². The zero-order valence-corrected chi connectivity index (χ0v) is 18.2. The molecule has 4 bridgehead atoms. The zero-order valence-electron chi connectivity index (χ0n) is 16.7. The van der Waals surface area contributed by atoms with E-state index in [9.17, 15) is 9.59 Å². The van der Waals surface area contributed by atoms with E-state index in [0.29, 0.717) is 28.3 Å². The van der Waals surface area contributed by atoms with Crippen LogP contribution in [-0.2, 0) is 4.79 Å². The van der Waals surface area contributed by atoms with E-state index in [1.807, 2.05) is 20.8 Å². The van der Waals surface area contributed by atoms with Gasteiger partial charge in [-0.3, -0.25) is 15.0 Å². The molecule has 0 saturated heterocycles. The van der Waals surface area contributed by atoms with Gasteiger partial charge in [-0.15, -0.1) is 0 Å². The number of nitrogens with zero attached hydrogens (tertiary/aromatic N) is 1. The normalized spacial score (nSPS) is 31.0. The van der Waals surface area contributed by atoms with Crippen LogP contribution in [0.25, 0.3) is 0 Å². The van der Waals surface area contributed by atoms with Crippen LogP contribution < -0.4 is 5.43 Å². The molecule has 1 N–H and O–H groups in total. The van der Waals surface area contributed by atoms with Gasteiger partial charge in [-0.05, 0) is 95.2 Å². The van der Waals surface area contributed by atoms with Gasteiger partial charge in [-0.2, -0.15) is 0 Å². The fourth-order valence-electron chi connectivity index (χ4n) is 5.92. The Bertz CT molecular complexity index is 780. The van der Waals surface area contributed by atoms with E-state index < -0.39 is 5.54 Å². The summed E-state index contributed by atoms with van der Waals surface area (Å²) in [7, 11) is 0. The summed E-state index contributed by atoms with van der Waals surface area (Å²) in [6.07, 6.45) is 6.69. The maximum atomic E-state index is 13.5. The maximum absolute atomic E-state index is 13.5. The van der Waals surface area contributed by atoms with Crippen molar-refractivity contribution in [3.05, 3.63) is 33.8 Å². The lowest BCUT2D eigenvalue weighted by molar-refractivity contribution is -0.152. The predicted octanol–water partition coefficient (Wildman–Crippen LogP) is 5.48. The van der Waals surface area contributed by atoms with Gasteiger partial charge in [0.2, 0.25) is 5.91 Å². The molecule has 6 heteroatoms. The Balaban J connectivity index is 1.59. The van der Waals surface area contributed by atoms with E-state index in [1.54, 1.807) is 18.2 Å². The first kappa shape index (κ1) is 20.0. The SMILES string of the molecule is CC(C)(C)N(NC(=O)C12CC3CC(CC(C3)C1)C2)C(=O)c1ccc(Cl)cc1Cl. The van der Waals surface area contributed by atoms with Crippen LogP contribution in [0.3, 0.4) is 0 Å². The number of hydrogen-bond donors (Lipinski definition) is 1. The lowest BCUT2D eigenvalue weighted by Crippen LogP contribution is -2.61. The van der Waals surface area contributed by atoms with Crippen LogP contribution in [0.1, 0.15) is 69.7 Å². The molecule has 0 spiro atoms.